The van der Waals surface area contributed by atoms with Gasteiger partial charge in [0.05, 0.1) is 18.1 Å². The number of ether oxygens (including phenoxy) is 1. The lowest BCUT2D eigenvalue weighted by Crippen LogP contribution is -2.09. The molecule has 1 heterocycles. The van der Waals surface area contributed by atoms with E-state index in [2.05, 4.69) is 43.2 Å². The third kappa shape index (κ3) is 4.21. The van der Waals surface area contributed by atoms with Gasteiger partial charge in [-0.3, -0.25) is 0 Å². The molecule has 1 aromatic carbocycles. The van der Waals surface area contributed by atoms with Crippen LogP contribution in [0.1, 0.15) is 48.9 Å². The Morgan fingerprint density at radius 3 is 2.62 bits per heavy atom. The van der Waals surface area contributed by atoms with Crippen molar-refractivity contribution in [2.45, 2.75) is 45.5 Å². The van der Waals surface area contributed by atoms with Gasteiger partial charge in [0.15, 0.2) is 0 Å². The van der Waals surface area contributed by atoms with E-state index in [1.807, 2.05) is 19.2 Å². The van der Waals surface area contributed by atoms with Crippen LogP contribution in [0.3, 0.4) is 0 Å². The first kappa shape index (κ1) is 15.8. The van der Waals surface area contributed by atoms with Gasteiger partial charge in [-0.05, 0) is 43.0 Å². The first-order valence-electron chi connectivity index (χ1n) is 7.25. The fraction of sp³-hybridized carbons (Fsp3) is 0.500. The topological polar surface area (TPSA) is 39.9 Å². The molecule has 114 valence electrons. The minimum absolute atomic E-state index is 0.120. The Balaban J connectivity index is 1.89. The van der Waals surface area contributed by atoms with E-state index in [1.54, 1.807) is 4.68 Å². The van der Waals surface area contributed by atoms with Crippen LogP contribution < -0.4 is 4.74 Å². The number of nitrogens with zero attached hydrogens (tertiary/aromatic N) is 3. The van der Waals surface area contributed by atoms with Crippen LogP contribution in [0.15, 0.2) is 24.4 Å². The van der Waals surface area contributed by atoms with Crippen LogP contribution in [-0.2, 0) is 6.54 Å². The summed E-state index contributed by atoms with van der Waals surface area (Å²) in [4.78, 5) is 0. The first-order chi connectivity index (χ1) is 9.97. The van der Waals surface area contributed by atoms with Gasteiger partial charge in [0, 0.05) is 0 Å². The van der Waals surface area contributed by atoms with Gasteiger partial charge < -0.3 is 4.74 Å². The number of rotatable bonds is 6. The van der Waals surface area contributed by atoms with Crippen molar-refractivity contribution in [1.82, 2.24) is 15.0 Å². The fourth-order valence-corrected chi connectivity index (χ4v) is 2.35. The molecule has 0 amide bonds. The summed E-state index contributed by atoms with van der Waals surface area (Å²) in [6, 6.07) is 6.25. The first-order valence-corrected chi connectivity index (χ1v) is 7.68. The lowest BCUT2D eigenvalue weighted by molar-refractivity contribution is 0.289. The summed E-state index contributed by atoms with van der Waals surface area (Å²) >= 11 is 5.96. The molecule has 1 aromatic heterocycles. The molecule has 5 heteroatoms. The Labute approximate surface area is 131 Å². The van der Waals surface area contributed by atoms with Crippen molar-refractivity contribution in [1.29, 1.82) is 0 Å². The van der Waals surface area contributed by atoms with Gasteiger partial charge in [-0.25, -0.2) is 4.68 Å². The van der Waals surface area contributed by atoms with E-state index in [1.165, 1.54) is 11.1 Å². The molecule has 0 spiro atoms. The SMILES string of the molecule is Cc1cc(OCCn2cc(C(C)Cl)nn2)ccc1C(C)C. The van der Waals surface area contributed by atoms with Gasteiger partial charge >= 0.3 is 0 Å². The molecule has 21 heavy (non-hydrogen) atoms. The summed E-state index contributed by atoms with van der Waals surface area (Å²) in [6.45, 7) is 9.60. The molecular formula is C16H22ClN3O. The quantitative estimate of drug-likeness (QED) is 0.755. The molecule has 0 aliphatic carbocycles. The largest absolute Gasteiger partial charge is 0.492 e. The predicted octanol–water partition coefficient (Wildman–Crippen LogP) is 4.09. The molecule has 0 fully saturated rings. The number of benzene rings is 1. The van der Waals surface area contributed by atoms with Crippen molar-refractivity contribution in [3.8, 4) is 5.75 Å². The van der Waals surface area contributed by atoms with E-state index in [0.717, 1.165) is 11.4 Å². The van der Waals surface area contributed by atoms with Crippen molar-refractivity contribution in [3.05, 3.63) is 41.2 Å². The monoisotopic (exact) mass is 307 g/mol. The second-order valence-electron chi connectivity index (χ2n) is 5.54. The van der Waals surface area contributed by atoms with Crippen molar-refractivity contribution < 1.29 is 4.74 Å². The maximum atomic E-state index is 5.96. The van der Waals surface area contributed by atoms with Crippen molar-refractivity contribution >= 4 is 11.6 Å². The summed E-state index contributed by atoms with van der Waals surface area (Å²) in [5, 5.41) is 7.92. The molecular weight excluding hydrogens is 286 g/mol. The summed E-state index contributed by atoms with van der Waals surface area (Å²) in [6.07, 6.45) is 1.86. The van der Waals surface area contributed by atoms with E-state index in [9.17, 15) is 0 Å². The molecule has 1 unspecified atom stereocenters. The molecule has 0 bridgehead atoms. The second-order valence-corrected chi connectivity index (χ2v) is 6.20. The Kier molecular flexibility index (Phi) is 5.23. The number of aryl methyl sites for hydroxylation is 1. The zero-order chi connectivity index (χ0) is 15.4. The number of hydrogen-bond acceptors (Lipinski definition) is 3. The van der Waals surface area contributed by atoms with E-state index >= 15 is 0 Å². The van der Waals surface area contributed by atoms with Gasteiger partial charge in [0.1, 0.15) is 18.1 Å². The zero-order valence-corrected chi connectivity index (χ0v) is 13.8. The van der Waals surface area contributed by atoms with Gasteiger partial charge in [-0.15, -0.1) is 16.7 Å². The Morgan fingerprint density at radius 2 is 2.05 bits per heavy atom. The highest BCUT2D eigenvalue weighted by Crippen LogP contribution is 2.23. The average Bonchev–Trinajstić information content (AvgIpc) is 2.87. The van der Waals surface area contributed by atoms with Gasteiger partial charge in [0.25, 0.3) is 0 Å². The summed E-state index contributed by atoms with van der Waals surface area (Å²) in [5.41, 5.74) is 3.41. The maximum absolute atomic E-state index is 5.96. The molecule has 0 aliphatic rings. The molecule has 2 rings (SSSR count). The standard InChI is InChI=1S/C16H22ClN3O/c1-11(2)15-6-5-14(9-12(15)3)21-8-7-20-10-16(13(4)17)18-19-20/h5-6,9-11,13H,7-8H2,1-4H3. The van der Waals surface area contributed by atoms with E-state index in [4.69, 9.17) is 16.3 Å². The zero-order valence-electron chi connectivity index (χ0n) is 13.0. The molecule has 0 N–H and O–H groups in total. The summed E-state index contributed by atoms with van der Waals surface area (Å²) in [5.74, 6) is 1.42. The van der Waals surface area contributed by atoms with Crippen LogP contribution in [0.5, 0.6) is 5.75 Å². The number of aromatic nitrogens is 3. The minimum atomic E-state index is -0.120. The normalized spacial score (nSPS) is 12.7. The molecule has 4 nitrogen and oxygen atoms in total. The second kappa shape index (κ2) is 6.94. The maximum Gasteiger partial charge on any atom is 0.119 e. The summed E-state index contributed by atoms with van der Waals surface area (Å²) < 4.78 is 7.53. The molecule has 1 atom stereocenters. The number of hydrogen-bond donors (Lipinski definition) is 0. The van der Waals surface area contributed by atoms with Crippen molar-refractivity contribution in [2.75, 3.05) is 6.61 Å². The highest BCUT2D eigenvalue weighted by atomic mass is 35.5. The smallest absolute Gasteiger partial charge is 0.119 e. The van der Waals surface area contributed by atoms with E-state index in [0.29, 0.717) is 19.1 Å². The van der Waals surface area contributed by atoms with Crippen LogP contribution in [0.4, 0.5) is 0 Å². The Morgan fingerprint density at radius 1 is 1.29 bits per heavy atom. The Hall–Kier alpha value is -1.55. The lowest BCUT2D eigenvalue weighted by atomic mass is 9.98. The number of alkyl halides is 1. The average molecular weight is 308 g/mol. The molecule has 0 radical (unpaired) electrons. The van der Waals surface area contributed by atoms with Crippen LogP contribution in [0, 0.1) is 6.92 Å². The Bertz CT molecular complexity index is 593. The van der Waals surface area contributed by atoms with Crippen LogP contribution in [-0.4, -0.2) is 21.6 Å². The van der Waals surface area contributed by atoms with Crippen LogP contribution in [0.2, 0.25) is 0 Å². The van der Waals surface area contributed by atoms with Crippen molar-refractivity contribution in [2.24, 2.45) is 0 Å². The van der Waals surface area contributed by atoms with Crippen LogP contribution in [0.25, 0.3) is 0 Å². The van der Waals surface area contributed by atoms with Gasteiger partial charge in [0.2, 0.25) is 0 Å². The summed E-state index contributed by atoms with van der Waals surface area (Å²) in [7, 11) is 0. The van der Waals surface area contributed by atoms with Gasteiger partial charge in [-0.1, -0.05) is 25.1 Å². The highest BCUT2D eigenvalue weighted by molar-refractivity contribution is 6.20. The van der Waals surface area contributed by atoms with E-state index in [-0.39, 0.29) is 5.38 Å². The fourth-order valence-electron chi connectivity index (χ4n) is 2.25. The predicted molar refractivity (Wildman–Crippen MR) is 85.1 cm³/mol. The number of halogens is 1. The third-order valence-corrected chi connectivity index (χ3v) is 3.64. The molecule has 2 aromatic rings. The van der Waals surface area contributed by atoms with Gasteiger partial charge in [-0.2, -0.15) is 0 Å². The van der Waals surface area contributed by atoms with E-state index < -0.39 is 0 Å². The van der Waals surface area contributed by atoms with Crippen molar-refractivity contribution in [3.63, 3.8) is 0 Å². The van der Waals surface area contributed by atoms with Crippen LogP contribution >= 0.6 is 11.6 Å². The third-order valence-electron chi connectivity index (χ3n) is 3.42. The lowest BCUT2D eigenvalue weighted by Gasteiger charge is -2.12. The molecule has 0 aliphatic heterocycles. The minimum Gasteiger partial charge on any atom is -0.492 e. The molecule has 0 saturated heterocycles. The highest BCUT2D eigenvalue weighted by Gasteiger charge is 2.07. The molecule has 0 saturated carbocycles.